The molecular weight excluding hydrogens is 290 g/mol. The Kier molecular flexibility index (Phi) is 3.29. The first-order valence-electron chi connectivity index (χ1n) is 6.63. The zero-order chi connectivity index (χ0) is 15.0. The molecule has 1 atom stereocenters. The maximum Gasteiger partial charge on any atom is 0.323 e. The number of nitrogens with zero attached hydrogens (tertiary/aromatic N) is 2. The van der Waals surface area contributed by atoms with Crippen LogP contribution in [0.1, 0.15) is 13.3 Å². The average Bonchev–Trinajstić information content (AvgIpc) is 3.02. The molecule has 0 radical (unpaired) electrons. The van der Waals surface area contributed by atoms with Gasteiger partial charge in [0, 0.05) is 13.1 Å². The van der Waals surface area contributed by atoms with E-state index >= 15 is 0 Å². The van der Waals surface area contributed by atoms with Crippen LogP contribution in [0.5, 0.6) is 0 Å². The first-order valence-corrected chi connectivity index (χ1v) is 7.44. The number of anilines is 1. The molecule has 2 aromatic rings. The van der Waals surface area contributed by atoms with Crippen LogP contribution in [0.2, 0.25) is 0 Å². The largest absolute Gasteiger partial charge is 0.481 e. The van der Waals surface area contributed by atoms with Gasteiger partial charge < -0.3 is 10.0 Å². The van der Waals surface area contributed by atoms with Crippen LogP contribution in [-0.4, -0.2) is 40.1 Å². The van der Waals surface area contributed by atoms with Crippen molar-refractivity contribution < 1.29 is 14.7 Å². The first-order chi connectivity index (χ1) is 9.98. The number of aliphatic carboxylic acids is 1. The summed E-state index contributed by atoms with van der Waals surface area (Å²) in [5.74, 6) is -0.863. The molecular formula is C14H15N3O3S. The molecule has 1 aliphatic rings. The highest BCUT2D eigenvalue weighted by Gasteiger charge is 2.42. The Bertz CT molecular complexity index is 681. The number of thiazole rings is 1. The molecule has 21 heavy (non-hydrogen) atoms. The average molecular weight is 305 g/mol. The quantitative estimate of drug-likeness (QED) is 0.893. The summed E-state index contributed by atoms with van der Waals surface area (Å²) in [5, 5.41) is 12.5. The van der Waals surface area contributed by atoms with Crippen LogP contribution in [0, 0.1) is 5.41 Å². The minimum absolute atomic E-state index is 0.221. The standard InChI is InChI=1S/C14H15N3O3S/c1-14(11(18)19)6-7-17(8-14)13(20)16-12-15-9-4-2-3-5-10(9)21-12/h2-5H,6-8H2,1H3,(H,18,19)(H,15,16,20). The Balaban J connectivity index is 1.71. The second-order valence-corrected chi connectivity index (χ2v) is 6.48. The van der Waals surface area contributed by atoms with Crippen LogP contribution in [0.3, 0.4) is 0 Å². The molecule has 3 rings (SSSR count). The van der Waals surface area contributed by atoms with Gasteiger partial charge in [0.2, 0.25) is 0 Å². The second kappa shape index (κ2) is 5.00. The molecule has 2 amide bonds. The van der Waals surface area contributed by atoms with E-state index in [4.69, 9.17) is 0 Å². The molecule has 0 saturated carbocycles. The van der Waals surface area contributed by atoms with Crippen LogP contribution in [-0.2, 0) is 4.79 Å². The number of rotatable bonds is 2. The van der Waals surface area contributed by atoms with Crippen molar-refractivity contribution in [2.45, 2.75) is 13.3 Å². The van der Waals surface area contributed by atoms with Crippen molar-refractivity contribution in [3.8, 4) is 0 Å². The number of hydrogen-bond acceptors (Lipinski definition) is 4. The molecule has 2 N–H and O–H groups in total. The Morgan fingerprint density at radius 2 is 2.19 bits per heavy atom. The topological polar surface area (TPSA) is 82.5 Å². The molecule has 1 aromatic heterocycles. The Hall–Kier alpha value is -2.15. The minimum atomic E-state index is -0.863. The van der Waals surface area contributed by atoms with Gasteiger partial charge in [0.25, 0.3) is 0 Å². The lowest BCUT2D eigenvalue weighted by atomic mass is 9.90. The normalized spacial score (nSPS) is 21.7. The van der Waals surface area contributed by atoms with E-state index < -0.39 is 11.4 Å². The molecule has 6 nitrogen and oxygen atoms in total. The van der Waals surface area contributed by atoms with E-state index in [1.165, 1.54) is 16.2 Å². The predicted octanol–water partition coefficient (Wildman–Crippen LogP) is 2.62. The lowest BCUT2D eigenvalue weighted by Crippen LogP contribution is -2.37. The highest BCUT2D eigenvalue weighted by molar-refractivity contribution is 7.22. The predicted molar refractivity (Wildman–Crippen MR) is 80.6 cm³/mol. The molecule has 0 spiro atoms. The molecule has 1 aliphatic heterocycles. The number of hydrogen-bond donors (Lipinski definition) is 2. The second-order valence-electron chi connectivity index (χ2n) is 5.45. The Morgan fingerprint density at radius 3 is 2.86 bits per heavy atom. The lowest BCUT2D eigenvalue weighted by molar-refractivity contribution is -0.146. The van der Waals surface area contributed by atoms with Crippen LogP contribution < -0.4 is 5.32 Å². The van der Waals surface area contributed by atoms with Gasteiger partial charge in [0.15, 0.2) is 5.13 Å². The summed E-state index contributed by atoms with van der Waals surface area (Å²) >= 11 is 1.40. The number of carboxylic acid groups (broad SMARTS) is 1. The minimum Gasteiger partial charge on any atom is -0.481 e. The molecule has 1 unspecified atom stereocenters. The third-order valence-electron chi connectivity index (χ3n) is 3.78. The third kappa shape index (κ3) is 2.56. The summed E-state index contributed by atoms with van der Waals surface area (Å²) in [7, 11) is 0. The number of benzene rings is 1. The summed E-state index contributed by atoms with van der Waals surface area (Å²) in [6.07, 6.45) is 0.468. The van der Waals surface area contributed by atoms with Gasteiger partial charge in [0.05, 0.1) is 15.6 Å². The van der Waals surface area contributed by atoms with Gasteiger partial charge in [-0.3, -0.25) is 10.1 Å². The van der Waals surface area contributed by atoms with Gasteiger partial charge in [-0.15, -0.1) is 0 Å². The van der Waals surface area contributed by atoms with Crippen LogP contribution in [0.4, 0.5) is 9.93 Å². The van der Waals surface area contributed by atoms with Crippen molar-refractivity contribution in [1.82, 2.24) is 9.88 Å². The van der Waals surface area contributed by atoms with Crippen LogP contribution in [0.15, 0.2) is 24.3 Å². The highest BCUT2D eigenvalue weighted by atomic mass is 32.1. The SMILES string of the molecule is CC1(C(=O)O)CCN(C(=O)Nc2nc3ccccc3s2)C1. The van der Waals surface area contributed by atoms with E-state index in [0.29, 0.717) is 18.1 Å². The Morgan fingerprint density at radius 1 is 1.43 bits per heavy atom. The summed E-state index contributed by atoms with van der Waals surface area (Å²) in [6.45, 7) is 2.33. The van der Waals surface area contributed by atoms with Crippen molar-refractivity contribution in [2.75, 3.05) is 18.4 Å². The van der Waals surface area contributed by atoms with E-state index in [2.05, 4.69) is 10.3 Å². The van der Waals surface area contributed by atoms with Gasteiger partial charge in [0.1, 0.15) is 0 Å². The van der Waals surface area contributed by atoms with E-state index in [-0.39, 0.29) is 12.6 Å². The molecule has 1 saturated heterocycles. The van der Waals surface area contributed by atoms with Crippen molar-refractivity contribution in [1.29, 1.82) is 0 Å². The van der Waals surface area contributed by atoms with E-state index in [0.717, 1.165) is 10.2 Å². The van der Waals surface area contributed by atoms with E-state index in [9.17, 15) is 14.7 Å². The van der Waals surface area contributed by atoms with Gasteiger partial charge in [-0.2, -0.15) is 0 Å². The van der Waals surface area contributed by atoms with Gasteiger partial charge in [-0.05, 0) is 25.5 Å². The maximum atomic E-state index is 12.2. The Labute approximate surface area is 125 Å². The molecule has 1 fully saturated rings. The maximum absolute atomic E-state index is 12.2. The number of likely N-dealkylation sites (tertiary alicyclic amines) is 1. The number of urea groups is 1. The highest BCUT2D eigenvalue weighted by Crippen LogP contribution is 2.31. The number of amides is 2. The molecule has 1 aromatic carbocycles. The fourth-order valence-corrected chi connectivity index (χ4v) is 3.26. The number of carbonyl (C=O) groups is 2. The molecule has 110 valence electrons. The van der Waals surface area contributed by atoms with Crippen molar-refractivity contribution in [3.63, 3.8) is 0 Å². The number of nitrogens with one attached hydrogen (secondary N) is 1. The summed E-state index contributed by atoms with van der Waals surface area (Å²) in [4.78, 5) is 29.3. The van der Waals surface area contributed by atoms with E-state index in [1.807, 2.05) is 24.3 Å². The zero-order valence-corrected chi connectivity index (χ0v) is 12.3. The number of para-hydroxylation sites is 1. The third-order valence-corrected chi connectivity index (χ3v) is 4.74. The lowest BCUT2D eigenvalue weighted by Gasteiger charge is -2.19. The van der Waals surface area contributed by atoms with E-state index in [1.54, 1.807) is 6.92 Å². The summed E-state index contributed by atoms with van der Waals surface area (Å²) < 4.78 is 1.00. The van der Waals surface area contributed by atoms with Crippen LogP contribution >= 0.6 is 11.3 Å². The van der Waals surface area contributed by atoms with Gasteiger partial charge >= 0.3 is 12.0 Å². The van der Waals surface area contributed by atoms with Crippen molar-refractivity contribution in [2.24, 2.45) is 5.41 Å². The number of fused-ring (bicyclic) bond motifs is 1. The smallest absolute Gasteiger partial charge is 0.323 e. The molecule has 2 heterocycles. The molecule has 0 bridgehead atoms. The van der Waals surface area contributed by atoms with Crippen molar-refractivity contribution >= 4 is 38.7 Å². The summed E-state index contributed by atoms with van der Waals surface area (Å²) in [5.41, 5.74) is -0.0140. The number of carboxylic acids is 1. The number of aromatic nitrogens is 1. The first kappa shape index (κ1) is 13.8. The fourth-order valence-electron chi connectivity index (χ4n) is 2.41. The van der Waals surface area contributed by atoms with Gasteiger partial charge in [-0.1, -0.05) is 23.5 Å². The van der Waals surface area contributed by atoms with Crippen molar-refractivity contribution in [3.05, 3.63) is 24.3 Å². The molecule has 7 heteroatoms. The van der Waals surface area contributed by atoms with Gasteiger partial charge in [-0.25, -0.2) is 9.78 Å². The fraction of sp³-hybridized carbons (Fsp3) is 0.357. The van der Waals surface area contributed by atoms with Crippen LogP contribution in [0.25, 0.3) is 10.2 Å². The molecule has 0 aliphatic carbocycles. The number of carbonyl (C=O) groups excluding carboxylic acids is 1. The summed E-state index contributed by atoms with van der Waals surface area (Å²) in [6, 6.07) is 7.36. The zero-order valence-electron chi connectivity index (χ0n) is 11.5. The monoisotopic (exact) mass is 305 g/mol.